The molecule has 0 aliphatic heterocycles. The first-order valence-electron chi connectivity index (χ1n) is 8.93. The average molecular weight is 382 g/mol. The Hall–Kier alpha value is -2.73. The van der Waals surface area contributed by atoms with Crippen molar-refractivity contribution >= 4 is 33.4 Å². The number of carbonyl (C=O) groups excluding carboxylic acids is 2. The summed E-state index contributed by atoms with van der Waals surface area (Å²) < 4.78 is 1.09. The fourth-order valence-corrected chi connectivity index (χ4v) is 3.72. The van der Waals surface area contributed by atoms with E-state index in [0.717, 1.165) is 20.8 Å². The molecule has 1 unspecified atom stereocenters. The van der Waals surface area contributed by atoms with E-state index < -0.39 is 6.04 Å². The Kier molecular flexibility index (Phi) is 5.86. The highest BCUT2D eigenvalue weighted by Gasteiger charge is 2.24. The molecule has 0 spiro atoms. The van der Waals surface area contributed by atoms with Gasteiger partial charge in [0.2, 0.25) is 5.91 Å². The van der Waals surface area contributed by atoms with Crippen molar-refractivity contribution in [2.45, 2.75) is 33.4 Å². The van der Waals surface area contributed by atoms with Crippen LogP contribution in [-0.2, 0) is 11.3 Å². The SMILES string of the molecule is Cc1cccc(C(=O)NC(C(=O)NCc2nc3ccccc3s2)C(C)C)c1. The van der Waals surface area contributed by atoms with Crippen molar-refractivity contribution in [2.75, 3.05) is 0 Å². The fraction of sp³-hybridized carbons (Fsp3) is 0.286. The molecule has 5 nitrogen and oxygen atoms in total. The molecular weight excluding hydrogens is 358 g/mol. The first-order chi connectivity index (χ1) is 12.9. The second-order valence-corrected chi connectivity index (χ2v) is 7.97. The molecule has 2 N–H and O–H groups in total. The van der Waals surface area contributed by atoms with Crippen LogP contribution in [0.1, 0.15) is 34.8 Å². The van der Waals surface area contributed by atoms with Gasteiger partial charge in [-0.3, -0.25) is 9.59 Å². The highest BCUT2D eigenvalue weighted by Crippen LogP contribution is 2.21. The van der Waals surface area contributed by atoms with Crippen LogP contribution in [0.15, 0.2) is 48.5 Å². The van der Waals surface area contributed by atoms with Gasteiger partial charge >= 0.3 is 0 Å². The molecule has 1 aromatic heterocycles. The lowest BCUT2D eigenvalue weighted by Gasteiger charge is -2.21. The molecule has 2 aromatic carbocycles. The Morgan fingerprint density at radius 3 is 2.59 bits per heavy atom. The molecule has 0 saturated heterocycles. The number of nitrogens with zero attached hydrogens (tertiary/aromatic N) is 1. The Balaban J connectivity index is 1.65. The third kappa shape index (κ3) is 4.71. The topological polar surface area (TPSA) is 71.1 Å². The van der Waals surface area contributed by atoms with E-state index in [-0.39, 0.29) is 17.7 Å². The summed E-state index contributed by atoms with van der Waals surface area (Å²) in [4.78, 5) is 29.7. The van der Waals surface area contributed by atoms with Gasteiger partial charge in [0.25, 0.3) is 5.91 Å². The summed E-state index contributed by atoms with van der Waals surface area (Å²) >= 11 is 1.56. The lowest BCUT2D eigenvalue weighted by molar-refractivity contribution is -0.124. The van der Waals surface area contributed by atoms with Gasteiger partial charge in [0, 0.05) is 5.56 Å². The van der Waals surface area contributed by atoms with E-state index in [1.54, 1.807) is 17.4 Å². The van der Waals surface area contributed by atoms with Crippen LogP contribution in [-0.4, -0.2) is 22.8 Å². The molecule has 3 aromatic rings. The Bertz CT molecular complexity index is 932. The maximum absolute atomic E-state index is 12.7. The van der Waals surface area contributed by atoms with Crippen molar-refractivity contribution in [3.05, 3.63) is 64.7 Å². The number of thiazole rings is 1. The lowest BCUT2D eigenvalue weighted by atomic mass is 10.0. The van der Waals surface area contributed by atoms with Crippen LogP contribution in [0.4, 0.5) is 0 Å². The molecule has 3 rings (SSSR count). The predicted octanol–water partition coefficient (Wildman–Crippen LogP) is 3.68. The van der Waals surface area contributed by atoms with Crippen molar-refractivity contribution in [1.82, 2.24) is 15.6 Å². The first kappa shape index (κ1) is 19.0. The van der Waals surface area contributed by atoms with Crippen LogP contribution < -0.4 is 10.6 Å². The Labute approximate surface area is 162 Å². The van der Waals surface area contributed by atoms with E-state index in [1.165, 1.54) is 0 Å². The zero-order valence-electron chi connectivity index (χ0n) is 15.7. The molecule has 0 bridgehead atoms. The van der Waals surface area contributed by atoms with Crippen molar-refractivity contribution in [3.63, 3.8) is 0 Å². The number of benzene rings is 2. The van der Waals surface area contributed by atoms with E-state index in [4.69, 9.17) is 0 Å². The average Bonchev–Trinajstić information content (AvgIpc) is 3.06. The number of aromatic nitrogens is 1. The smallest absolute Gasteiger partial charge is 0.251 e. The number of aryl methyl sites for hydroxylation is 1. The van der Waals surface area contributed by atoms with Crippen LogP contribution in [0.5, 0.6) is 0 Å². The Morgan fingerprint density at radius 1 is 1.11 bits per heavy atom. The first-order valence-corrected chi connectivity index (χ1v) is 9.75. The van der Waals surface area contributed by atoms with Gasteiger partial charge < -0.3 is 10.6 Å². The van der Waals surface area contributed by atoms with E-state index >= 15 is 0 Å². The van der Waals surface area contributed by atoms with Gasteiger partial charge in [-0.25, -0.2) is 4.98 Å². The van der Waals surface area contributed by atoms with Crippen LogP contribution in [0, 0.1) is 12.8 Å². The molecule has 0 saturated carbocycles. The number of para-hydroxylation sites is 1. The summed E-state index contributed by atoms with van der Waals surface area (Å²) in [6.07, 6.45) is 0. The zero-order valence-corrected chi connectivity index (χ0v) is 16.5. The van der Waals surface area contributed by atoms with Crippen molar-refractivity contribution in [1.29, 1.82) is 0 Å². The van der Waals surface area contributed by atoms with Gasteiger partial charge in [0.05, 0.1) is 16.8 Å². The Morgan fingerprint density at radius 2 is 1.89 bits per heavy atom. The van der Waals surface area contributed by atoms with E-state index in [2.05, 4.69) is 15.6 Å². The molecule has 140 valence electrons. The summed E-state index contributed by atoms with van der Waals surface area (Å²) in [7, 11) is 0. The van der Waals surface area contributed by atoms with Crippen LogP contribution >= 0.6 is 11.3 Å². The number of carbonyl (C=O) groups is 2. The molecule has 27 heavy (non-hydrogen) atoms. The fourth-order valence-electron chi connectivity index (χ4n) is 2.81. The van der Waals surface area contributed by atoms with Crippen LogP contribution in [0.25, 0.3) is 10.2 Å². The van der Waals surface area contributed by atoms with E-state index in [9.17, 15) is 9.59 Å². The minimum atomic E-state index is -0.604. The molecule has 1 heterocycles. The largest absolute Gasteiger partial charge is 0.348 e. The van der Waals surface area contributed by atoms with Gasteiger partial charge in [0.15, 0.2) is 0 Å². The van der Waals surface area contributed by atoms with Crippen LogP contribution in [0.3, 0.4) is 0 Å². The molecule has 1 atom stereocenters. The second-order valence-electron chi connectivity index (χ2n) is 6.86. The molecule has 0 radical (unpaired) electrons. The van der Waals surface area contributed by atoms with Crippen molar-refractivity contribution in [2.24, 2.45) is 5.92 Å². The zero-order chi connectivity index (χ0) is 19.4. The maximum Gasteiger partial charge on any atom is 0.251 e. The number of nitrogens with one attached hydrogen (secondary N) is 2. The third-order valence-corrected chi connectivity index (χ3v) is 5.30. The number of amides is 2. The summed E-state index contributed by atoms with van der Waals surface area (Å²) in [5.41, 5.74) is 2.49. The number of rotatable bonds is 6. The molecule has 6 heteroatoms. The highest BCUT2D eigenvalue weighted by molar-refractivity contribution is 7.18. The van der Waals surface area contributed by atoms with E-state index in [0.29, 0.717) is 12.1 Å². The molecule has 2 amide bonds. The standard InChI is InChI=1S/C21H23N3O2S/c1-13(2)19(24-20(25)15-8-6-7-14(3)11-15)21(26)22-12-18-23-16-9-4-5-10-17(16)27-18/h4-11,13,19H,12H2,1-3H3,(H,22,26)(H,24,25). The normalized spacial score (nSPS) is 12.1. The molecular formula is C21H23N3O2S. The number of fused-ring (bicyclic) bond motifs is 1. The monoisotopic (exact) mass is 381 g/mol. The summed E-state index contributed by atoms with van der Waals surface area (Å²) in [6, 6.07) is 14.6. The lowest BCUT2D eigenvalue weighted by Crippen LogP contribution is -2.49. The summed E-state index contributed by atoms with van der Waals surface area (Å²) in [5, 5.41) is 6.60. The summed E-state index contributed by atoms with van der Waals surface area (Å²) in [6.45, 7) is 6.11. The van der Waals surface area contributed by atoms with Gasteiger partial charge in [-0.1, -0.05) is 43.7 Å². The quantitative estimate of drug-likeness (QED) is 0.684. The van der Waals surface area contributed by atoms with Gasteiger partial charge in [0.1, 0.15) is 11.0 Å². The molecule has 0 fully saturated rings. The van der Waals surface area contributed by atoms with E-state index in [1.807, 2.05) is 63.2 Å². The van der Waals surface area contributed by atoms with Crippen molar-refractivity contribution < 1.29 is 9.59 Å². The predicted molar refractivity (Wildman–Crippen MR) is 109 cm³/mol. The minimum Gasteiger partial charge on any atom is -0.348 e. The number of hydrogen-bond acceptors (Lipinski definition) is 4. The van der Waals surface area contributed by atoms with Gasteiger partial charge in [-0.05, 0) is 37.1 Å². The van der Waals surface area contributed by atoms with Crippen LogP contribution in [0.2, 0.25) is 0 Å². The molecule has 0 aliphatic carbocycles. The molecule has 0 aliphatic rings. The second kappa shape index (κ2) is 8.31. The summed E-state index contributed by atoms with van der Waals surface area (Å²) in [5.74, 6) is -0.480. The third-order valence-electron chi connectivity index (χ3n) is 4.27. The minimum absolute atomic E-state index is 0.0332. The van der Waals surface area contributed by atoms with Crippen molar-refractivity contribution in [3.8, 4) is 0 Å². The number of hydrogen-bond donors (Lipinski definition) is 2. The maximum atomic E-state index is 12.7. The van der Waals surface area contributed by atoms with Gasteiger partial charge in [-0.2, -0.15) is 0 Å². The van der Waals surface area contributed by atoms with Gasteiger partial charge in [-0.15, -0.1) is 11.3 Å². The highest BCUT2D eigenvalue weighted by atomic mass is 32.1.